The first-order chi connectivity index (χ1) is 8.81. The third-order valence-electron chi connectivity index (χ3n) is 4.06. The SMILES string of the molecule is CC.CCC1CC(COCc2ccccc2)C1C. The molecule has 1 aliphatic carbocycles. The molecule has 1 aromatic rings. The first kappa shape index (κ1) is 15.2. The second-order valence-electron chi connectivity index (χ2n) is 5.02. The van der Waals surface area contributed by atoms with Gasteiger partial charge in [-0.3, -0.25) is 0 Å². The van der Waals surface area contributed by atoms with E-state index in [4.69, 9.17) is 4.74 Å². The molecule has 1 aromatic carbocycles. The van der Waals surface area contributed by atoms with Crippen LogP contribution in [0.25, 0.3) is 0 Å². The van der Waals surface area contributed by atoms with E-state index in [9.17, 15) is 0 Å². The van der Waals surface area contributed by atoms with E-state index in [-0.39, 0.29) is 0 Å². The summed E-state index contributed by atoms with van der Waals surface area (Å²) in [7, 11) is 0. The molecule has 2 rings (SSSR count). The number of rotatable bonds is 5. The third-order valence-corrected chi connectivity index (χ3v) is 4.06. The first-order valence-corrected chi connectivity index (χ1v) is 7.43. The van der Waals surface area contributed by atoms with Crippen LogP contribution < -0.4 is 0 Å². The van der Waals surface area contributed by atoms with Gasteiger partial charge in [-0.1, -0.05) is 64.4 Å². The van der Waals surface area contributed by atoms with E-state index in [1.54, 1.807) is 0 Å². The van der Waals surface area contributed by atoms with Gasteiger partial charge in [0.1, 0.15) is 0 Å². The van der Waals surface area contributed by atoms with Crippen molar-refractivity contribution in [2.45, 2.75) is 47.1 Å². The summed E-state index contributed by atoms with van der Waals surface area (Å²) in [5.74, 6) is 2.61. The van der Waals surface area contributed by atoms with E-state index in [0.717, 1.165) is 31.0 Å². The van der Waals surface area contributed by atoms with Crippen LogP contribution in [0, 0.1) is 17.8 Å². The third kappa shape index (κ3) is 4.13. The Balaban J connectivity index is 0.000000771. The summed E-state index contributed by atoms with van der Waals surface area (Å²) in [6.45, 7) is 10.4. The van der Waals surface area contributed by atoms with Crippen molar-refractivity contribution in [3.05, 3.63) is 35.9 Å². The lowest BCUT2D eigenvalue weighted by Crippen LogP contribution is -2.37. The maximum absolute atomic E-state index is 5.79. The predicted molar refractivity (Wildman–Crippen MR) is 78.5 cm³/mol. The number of benzene rings is 1. The average Bonchev–Trinajstić information content (AvgIpc) is 2.45. The predicted octanol–water partition coefficient (Wildman–Crippen LogP) is 4.91. The highest BCUT2D eigenvalue weighted by atomic mass is 16.5. The van der Waals surface area contributed by atoms with Crippen molar-refractivity contribution >= 4 is 0 Å². The van der Waals surface area contributed by atoms with E-state index in [1.165, 1.54) is 18.4 Å². The zero-order valence-corrected chi connectivity index (χ0v) is 12.4. The van der Waals surface area contributed by atoms with Gasteiger partial charge in [-0.05, 0) is 29.7 Å². The summed E-state index contributed by atoms with van der Waals surface area (Å²) in [6.07, 6.45) is 2.70. The Bertz CT molecular complexity index is 307. The average molecular weight is 248 g/mol. The van der Waals surface area contributed by atoms with Crippen LogP contribution >= 0.6 is 0 Å². The highest BCUT2D eigenvalue weighted by Crippen LogP contribution is 2.42. The summed E-state index contributed by atoms with van der Waals surface area (Å²) in [5.41, 5.74) is 1.28. The second-order valence-corrected chi connectivity index (χ2v) is 5.02. The van der Waals surface area contributed by atoms with Crippen molar-refractivity contribution in [3.8, 4) is 0 Å². The maximum atomic E-state index is 5.79. The lowest BCUT2D eigenvalue weighted by molar-refractivity contribution is -0.0107. The second kappa shape index (κ2) is 8.31. The molecule has 0 amide bonds. The Kier molecular flexibility index (Phi) is 7.04. The van der Waals surface area contributed by atoms with Gasteiger partial charge in [-0.2, -0.15) is 0 Å². The van der Waals surface area contributed by atoms with Gasteiger partial charge in [-0.25, -0.2) is 0 Å². The van der Waals surface area contributed by atoms with Gasteiger partial charge < -0.3 is 4.74 Å². The van der Waals surface area contributed by atoms with E-state index in [0.29, 0.717) is 0 Å². The molecule has 0 aromatic heterocycles. The normalized spacial score (nSPS) is 25.9. The van der Waals surface area contributed by atoms with Crippen molar-refractivity contribution in [1.29, 1.82) is 0 Å². The quantitative estimate of drug-likeness (QED) is 0.719. The minimum absolute atomic E-state index is 0.765. The van der Waals surface area contributed by atoms with Gasteiger partial charge in [-0.15, -0.1) is 0 Å². The van der Waals surface area contributed by atoms with Crippen LogP contribution in [0.5, 0.6) is 0 Å². The van der Waals surface area contributed by atoms with Crippen molar-refractivity contribution < 1.29 is 4.74 Å². The van der Waals surface area contributed by atoms with E-state index < -0.39 is 0 Å². The molecule has 0 radical (unpaired) electrons. The summed E-state index contributed by atoms with van der Waals surface area (Å²) in [6, 6.07) is 10.4. The minimum Gasteiger partial charge on any atom is -0.376 e. The van der Waals surface area contributed by atoms with Crippen molar-refractivity contribution in [3.63, 3.8) is 0 Å². The van der Waals surface area contributed by atoms with Crippen LogP contribution in [0.1, 0.15) is 46.1 Å². The molecule has 0 N–H and O–H groups in total. The van der Waals surface area contributed by atoms with Crippen LogP contribution in [-0.4, -0.2) is 6.61 Å². The Morgan fingerprint density at radius 2 is 1.78 bits per heavy atom. The topological polar surface area (TPSA) is 9.23 Å². The van der Waals surface area contributed by atoms with Gasteiger partial charge in [0.25, 0.3) is 0 Å². The van der Waals surface area contributed by atoms with Gasteiger partial charge in [0.2, 0.25) is 0 Å². The lowest BCUT2D eigenvalue weighted by atomic mass is 9.65. The molecule has 3 unspecified atom stereocenters. The number of hydrogen-bond acceptors (Lipinski definition) is 1. The van der Waals surface area contributed by atoms with Gasteiger partial charge in [0.15, 0.2) is 0 Å². The molecule has 1 fully saturated rings. The molecule has 0 heterocycles. The zero-order chi connectivity index (χ0) is 13.4. The number of ether oxygens (including phenoxy) is 1. The lowest BCUT2D eigenvalue weighted by Gasteiger charge is -2.42. The Morgan fingerprint density at radius 3 is 2.33 bits per heavy atom. The zero-order valence-electron chi connectivity index (χ0n) is 12.4. The van der Waals surface area contributed by atoms with E-state index >= 15 is 0 Å². The summed E-state index contributed by atoms with van der Waals surface area (Å²) in [5, 5.41) is 0. The molecule has 0 spiro atoms. The smallest absolute Gasteiger partial charge is 0.0717 e. The minimum atomic E-state index is 0.765. The Labute approximate surface area is 113 Å². The van der Waals surface area contributed by atoms with Crippen LogP contribution in [-0.2, 0) is 11.3 Å². The van der Waals surface area contributed by atoms with Crippen LogP contribution in [0.2, 0.25) is 0 Å². The highest BCUT2D eigenvalue weighted by molar-refractivity contribution is 5.13. The van der Waals surface area contributed by atoms with Crippen LogP contribution in [0.4, 0.5) is 0 Å². The fourth-order valence-corrected chi connectivity index (χ4v) is 2.67. The summed E-state index contributed by atoms with van der Waals surface area (Å²) in [4.78, 5) is 0. The molecule has 1 saturated carbocycles. The molecule has 1 aliphatic rings. The molecular formula is C17H28O. The largest absolute Gasteiger partial charge is 0.376 e. The Morgan fingerprint density at radius 1 is 1.11 bits per heavy atom. The fourth-order valence-electron chi connectivity index (χ4n) is 2.67. The van der Waals surface area contributed by atoms with Crippen molar-refractivity contribution in [1.82, 2.24) is 0 Å². The number of hydrogen-bond donors (Lipinski definition) is 0. The Hall–Kier alpha value is -0.820. The standard InChI is InChI=1S/C15H22O.C2H6/c1-3-14-9-15(12(14)2)11-16-10-13-7-5-4-6-8-13;1-2/h4-8,12,14-15H,3,9-11H2,1-2H3;1-2H3. The molecule has 0 bridgehead atoms. The molecule has 0 saturated heterocycles. The molecule has 3 atom stereocenters. The molecule has 0 aliphatic heterocycles. The molecule has 1 nitrogen and oxygen atoms in total. The first-order valence-electron chi connectivity index (χ1n) is 7.43. The maximum Gasteiger partial charge on any atom is 0.0717 e. The molecule has 102 valence electrons. The van der Waals surface area contributed by atoms with Crippen LogP contribution in [0.3, 0.4) is 0 Å². The van der Waals surface area contributed by atoms with Crippen LogP contribution in [0.15, 0.2) is 30.3 Å². The fraction of sp³-hybridized carbons (Fsp3) is 0.647. The highest BCUT2D eigenvalue weighted by Gasteiger charge is 2.35. The monoisotopic (exact) mass is 248 g/mol. The molecule has 18 heavy (non-hydrogen) atoms. The molecule has 1 heteroatoms. The summed E-state index contributed by atoms with van der Waals surface area (Å²) < 4.78 is 5.79. The van der Waals surface area contributed by atoms with Crippen molar-refractivity contribution in [2.75, 3.05) is 6.61 Å². The summed E-state index contributed by atoms with van der Waals surface area (Å²) >= 11 is 0. The van der Waals surface area contributed by atoms with Gasteiger partial charge in [0, 0.05) is 0 Å². The van der Waals surface area contributed by atoms with E-state index in [1.807, 2.05) is 19.9 Å². The van der Waals surface area contributed by atoms with E-state index in [2.05, 4.69) is 38.1 Å². The van der Waals surface area contributed by atoms with Gasteiger partial charge >= 0.3 is 0 Å². The molecular weight excluding hydrogens is 220 g/mol. The van der Waals surface area contributed by atoms with Gasteiger partial charge in [0.05, 0.1) is 13.2 Å². The van der Waals surface area contributed by atoms with Crippen molar-refractivity contribution in [2.24, 2.45) is 17.8 Å².